The van der Waals surface area contributed by atoms with Gasteiger partial charge >= 0.3 is 0 Å². The highest BCUT2D eigenvalue weighted by atomic mass is 32.2. The van der Waals surface area contributed by atoms with E-state index in [0.717, 1.165) is 17.6 Å². The van der Waals surface area contributed by atoms with E-state index in [1.807, 2.05) is 31.2 Å². The van der Waals surface area contributed by atoms with E-state index < -0.39 is 21.7 Å². The van der Waals surface area contributed by atoms with Crippen LogP contribution in [-0.4, -0.2) is 33.1 Å². The molecule has 0 radical (unpaired) electrons. The van der Waals surface area contributed by atoms with E-state index in [4.69, 9.17) is 9.47 Å². The summed E-state index contributed by atoms with van der Waals surface area (Å²) >= 11 is 0. The lowest BCUT2D eigenvalue weighted by atomic mass is 10.1. The number of hydrogen-bond acceptors (Lipinski definition) is 6. The van der Waals surface area contributed by atoms with Gasteiger partial charge in [0.25, 0.3) is 11.8 Å². The van der Waals surface area contributed by atoms with Crippen molar-refractivity contribution in [1.82, 2.24) is 10.9 Å². The van der Waals surface area contributed by atoms with Gasteiger partial charge in [0, 0.05) is 17.4 Å². The number of sulfone groups is 1. The molecule has 3 aromatic carbocycles. The minimum absolute atomic E-state index is 0.172. The fraction of sp³-hybridized carbons (Fsp3) is 0.200. The van der Waals surface area contributed by atoms with Gasteiger partial charge in [0.1, 0.15) is 18.1 Å². The predicted molar refractivity (Wildman–Crippen MR) is 128 cm³/mol. The lowest BCUT2D eigenvalue weighted by Crippen LogP contribution is -2.41. The van der Waals surface area contributed by atoms with E-state index in [0.29, 0.717) is 30.1 Å². The highest BCUT2D eigenvalue weighted by Gasteiger charge is 2.11. The average Bonchev–Trinajstić information content (AvgIpc) is 2.81. The van der Waals surface area contributed by atoms with E-state index in [9.17, 15) is 18.0 Å². The third-order valence-electron chi connectivity index (χ3n) is 4.66. The van der Waals surface area contributed by atoms with Gasteiger partial charge in [-0.3, -0.25) is 20.4 Å². The van der Waals surface area contributed by atoms with Crippen LogP contribution in [0.3, 0.4) is 0 Å². The molecular weight excluding hydrogens is 456 g/mol. The van der Waals surface area contributed by atoms with Crippen molar-refractivity contribution in [3.8, 4) is 11.5 Å². The number of amides is 2. The van der Waals surface area contributed by atoms with Crippen molar-refractivity contribution in [1.29, 1.82) is 0 Å². The van der Waals surface area contributed by atoms with Crippen molar-refractivity contribution in [2.45, 2.75) is 19.3 Å². The van der Waals surface area contributed by atoms with Gasteiger partial charge in [0.05, 0.1) is 12.4 Å². The van der Waals surface area contributed by atoms with Crippen molar-refractivity contribution in [3.05, 3.63) is 95.1 Å². The summed E-state index contributed by atoms with van der Waals surface area (Å²) in [5.74, 6) is 0.269. The molecule has 0 spiro atoms. The summed E-state index contributed by atoms with van der Waals surface area (Å²) in [5, 5.41) is 0. The quantitative estimate of drug-likeness (QED) is 0.453. The molecule has 9 heteroatoms. The largest absolute Gasteiger partial charge is 0.494 e. The summed E-state index contributed by atoms with van der Waals surface area (Å²) in [6.07, 6.45) is 1.12. The van der Waals surface area contributed by atoms with Crippen LogP contribution in [0.4, 0.5) is 0 Å². The molecule has 3 rings (SSSR count). The van der Waals surface area contributed by atoms with Gasteiger partial charge in [-0.05, 0) is 66.6 Å². The molecule has 0 saturated heterocycles. The maximum Gasteiger partial charge on any atom is 0.269 e. The molecule has 178 valence electrons. The summed E-state index contributed by atoms with van der Waals surface area (Å²) in [6.45, 7) is 2.85. The van der Waals surface area contributed by atoms with Crippen LogP contribution in [0.25, 0.3) is 0 Å². The Balaban J connectivity index is 1.50. The molecule has 0 atom stereocenters. The molecule has 0 unspecified atom stereocenters. The van der Waals surface area contributed by atoms with Crippen LogP contribution in [0.5, 0.6) is 11.5 Å². The molecule has 2 amide bonds. The Morgan fingerprint density at radius 3 is 1.94 bits per heavy atom. The van der Waals surface area contributed by atoms with E-state index >= 15 is 0 Å². The van der Waals surface area contributed by atoms with Crippen molar-refractivity contribution >= 4 is 21.7 Å². The van der Waals surface area contributed by atoms with E-state index in [-0.39, 0.29) is 11.3 Å². The number of nitrogens with one attached hydrogen (secondary N) is 2. The summed E-state index contributed by atoms with van der Waals surface area (Å²) in [7, 11) is -3.22. The van der Waals surface area contributed by atoms with Gasteiger partial charge < -0.3 is 9.47 Å². The SMILES string of the molecule is CCOc1ccc(OCc2ccc(C(=O)NNC(=O)c3cccc(CS(C)(=O)=O)c3)cc2)cc1. The Labute approximate surface area is 198 Å². The number of hydrogen-bond donors (Lipinski definition) is 2. The molecular formula is C25H26N2O6S. The molecule has 0 aliphatic rings. The van der Waals surface area contributed by atoms with Crippen LogP contribution < -0.4 is 20.3 Å². The summed E-state index contributed by atoms with van der Waals surface area (Å²) in [6, 6.07) is 20.3. The monoisotopic (exact) mass is 482 g/mol. The van der Waals surface area contributed by atoms with Gasteiger partial charge in [-0.15, -0.1) is 0 Å². The van der Waals surface area contributed by atoms with Crippen molar-refractivity contribution in [3.63, 3.8) is 0 Å². The summed E-state index contributed by atoms with van der Waals surface area (Å²) < 4.78 is 34.1. The first-order valence-electron chi connectivity index (χ1n) is 10.6. The molecule has 34 heavy (non-hydrogen) atoms. The zero-order valence-corrected chi connectivity index (χ0v) is 19.7. The normalized spacial score (nSPS) is 10.9. The van der Waals surface area contributed by atoms with Crippen LogP contribution >= 0.6 is 0 Å². The van der Waals surface area contributed by atoms with Crippen LogP contribution in [0.1, 0.15) is 38.8 Å². The number of benzene rings is 3. The Morgan fingerprint density at radius 2 is 1.35 bits per heavy atom. The van der Waals surface area contributed by atoms with Crippen LogP contribution in [0.15, 0.2) is 72.8 Å². The van der Waals surface area contributed by atoms with Crippen molar-refractivity contribution in [2.75, 3.05) is 12.9 Å². The second-order valence-corrected chi connectivity index (χ2v) is 9.71. The van der Waals surface area contributed by atoms with Crippen LogP contribution in [0.2, 0.25) is 0 Å². The van der Waals surface area contributed by atoms with Crippen LogP contribution in [0, 0.1) is 0 Å². The fourth-order valence-corrected chi connectivity index (χ4v) is 3.87. The van der Waals surface area contributed by atoms with E-state index in [1.165, 1.54) is 12.1 Å². The molecule has 0 heterocycles. The third-order valence-corrected chi connectivity index (χ3v) is 5.52. The lowest BCUT2D eigenvalue weighted by molar-refractivity contribution is 0.0846. The minimum atomic E-state index is -3.22. The smallest absolute Gasteiger partial charge is 0.269 e. The Kier molecular flexibility index (Phi) is 8.26. The van der Waals surface area contributed by atoms with Crippen LogP contribution in [-0.2, 0) is 22.2 Å². The highest BCUT2D eigenvalue weighted by Crippen LogP contribution is 2.19. The zero-order chi connectivity index (χ0) is 24.6. The molecule has 0 aromatic heterocycles. The topological polar surface area (TPSA) is 111 Å². The minimum Gasteiger partial charge on any atom is -0.494 e. The second kappa shape index (κ2) is 11.3. The van der Waals surface area contributed by atoms with Gasteiger partial charge in [-0.1, -0.05) is 24.3 Å². The average molecular weight is 483 g/mol. The summed E-state index contributed by atoms with van der Waals surface area (Å²) in [4.78, 5) is 24.7. The van der Waals surface area contributed by atoms with Gasteiger partial charge in [0.2, 0.25) is 0 Å². The predicted octanol–water partition coefficient (Wildman–Crippen LogP) is 3.28. The standard InChI is InChI=1S/C25H26N2O6S/c1-3-32-22-11-13-23(14-12-22)33-16-18-7-9-20(10-8-18)24(28)26-27-25(29)21-6-4-5-19(15-21)17-34(2,30)31/h4-15H,3,16-17H2,1-2H3,(H,26,28)(H,27,29). The number of rotatable bonds is 9. The second-order valence-electron chi connectivity index (χ2n) is 7.57. The molecule has 2 N–H and O–H groups in total. The molecule has 0 fully saturated rings. The molecule has 0 saturated carbocycles. The van der Waals surface area contributed by atoms with Gasteiger partial charge in [-0.2, -0.15) is 0 Å². The number of hydrazine groups is 1. The maximum absolute atomic E-state index is 12.4. The van der Waals surface area contributed by atoms with Crippen molar-refractivity contribution in [2.24, 2.45) is 0 Å². The zero-order valence-electron chi connectivity index (χ0n) is 18.9. The fourth-order valence-electron chi connectivity index (χ4n) is 3.08. The molecule has 0 aliphatic carbocycles. The first-order valence-corrected chi connectivity index (χ1v) is 12.6. The Bertz CT molecular complexity index is 1240. The van der Waals surface area contributed by atoms with Gasteiger partial charge in [0.15, 0.2) is 9.84 Å². The first kappa shape index (κ1) is 24.8. The highest BCUT2D eigenvalue weighted by molar-refractivity contribution is 7.89. The van der Waals surface area contributed by atoms with E-state index in [1.54, 1.807) is 36.4 Å². The summed E-state index contributed by atoms with van der Waals surface area (Å²) in [5.41, 5.74) is 6.66. The first-order chi connectivity index (χ1) is 16.2. The van der Waals surface area contributed by atoms with E-state index in [2.05, 4.69) is 10.9 Å². The van der Waals surface area contributed by atoms with Gasteiger partial charge in [-0.25, -0.2) is 8.42 Å². The number of carbonyl (C=O) groups excluding carboxylic acids is 2. The molecule has 0 bridgehead atoms. The molecule has 8 nitrogen and oxygen atoms in total. The lowest BCUT2D eigenvalue weighted by Gasteiger charge is -2.10. The molecule has 3 aromatic rings. The Hall–Kier alpha value is -3.85. The van der Waals surface area contributed by atoms with Crippen molar-refractivity contribution < 1.29 is 27.5 Å². The molecule has 0 aliphatic heterocycles. The number of ether oxygens (including phenoxy) is 2. The third kappa shape index (κ3) is 7.63. The Morgan fingerprint density at radius 1 is 0.765 bits per heavy atom. The maximum atomic E-state index is 12.4. The number of carbonyl (C=O) groups is 2.